The van der Waals surface area contributed by atoms with Crippen LogP contribution in [0.2, 0.25) is 0 Å². The smallest absolute Gasteiger partial charge is 0.310 e. The second kappa shape index (κ2) is 9.96. The third-order valence-electron chi connectivity index (χ3n) is 3.54. The molecule has 2 aromatic rings. The first kappa shape index (κ1) is 22.5. The Labute approximate surface area is 159 Å². The van der Waals surface area contributed by atoms with Gasteiger partial charge in [0.05, 0.1) is 5.92 Å². The molecule has 0 aliphatic carbocycles. The van der Waals surface area contributed by atoms with Crippen LogP contribution in [0.1, 0.15) is 31.7 Å². The van der Waals surface area contributed by atoms with E-state index in [1.165, 1.54) is 25.1 Å². The molecule has 0 radical (unpaired) electrons. The summed E-state index contributed by atoms with van der Waals surface area (Å²) in [7, 11) is 0. The number of para-hydroxylation sites is 1. The molecule has 0 spiro atoms. The van der Waals surface area contributed by atoms with E-state index in [1.807, 2.05) is 37.3 Å². The molecule has 8 nitrogen and oxygen atoms in total. The van der Waals surface area contributed by atoms with Gasteiger partial charge >= 0.3 is 94.1 Å². The number of phenols is 1. The van der Waals surface area contributed by atoms with Gasteiger partial charge in [-0.25, -0.2) is 0 Å². The molecular weight excluding hydrogens is 417 g/mol. The zero-order chi connectivity index (χ0) is 20.6. The number of amides is 1. The molecule has 2 rings (SSSR count). The topological polar surface area (TPSA) is 144 Å². The maximum absolute atomic E-state index is 11.1. The van der Waals surface area contributed by atoms with E-state index in [2.05, 4.69) is 5.32 Å². The van der Waals surface area contributed by atoms with Crippen molar-refractivity contribution in [2.24, 2.45) is 0 Å². The first-order valence-electron chi connectivity index (χ1n) is 8.01. The molecule has 1 atom stereocenters. The van der Waals surface area contributed by atoms with Crippen LogP contribution in [0.25, 0.3) is 0 Å². The Morgan fingerprint density at radius 3 is 2.11 bits per heavy atom. The normalized spacial score (nSPS) is 11.7. The molecule has 0 unspecified atom stereocenters. The van der Waals surface area contributed by atoms with Gasteiger partial charge in [-0.2, -0.15) is 0 Å². The molecule has 0 fully saturated rings. The summed E-state index contributed by atoms with van der Waals surface area (Å²) in [6, 6.07) is 13.0. The molecule has 9 heteroatoms. The van der Waals surface area contributed by atoms with Gasteiger partial charge in [-0.3, -0.25) is 4.79 Å². The van der Waals surface area contributed by atoms with Crippen molar-refractivity contribution in [3.8, 4) is 5.75 Å². The van der Waals surface area contributed by atoms with Crippen molar-refractivity contribution in [3.63, 3.8) is 0 Å². The summed E-state index contributed by atoms with van der Waals surface area (Å²) < 4.78 is 28.8. The van der Waals surface area contributed by atoms with Crippen molar-refractivity contribution in [1.29, 1.82) is 0 Å². The standard InChI is InChI=1S/C10H12O2.C8H10AsNO5/c1-2-9(10(11)12)8-6-4-3-5-7-8;1-5(11)10-8-6(9(13,14)15)3-2-4-7(8)12/h3-7,9H,2H2,1H3,(H,11,12);2-4,12H,1H3,(H,10,11)(H2,13,14,15)/t9-;/m1./s1. The van der Waals surface area contributed by atoms with E-state index in [0.29, 0.717) is 6.42 Å². The second-order valence-corrected chi connectivity index (χ2v) is 8.90. The van der Waals surface area contributed by atoms with Crippen LogP contribution in [-0.2, 0) is 13.3 Å². The number of hydrogen-bond acceptors (Lipinski definition) is 4. The molecule has 0 aliphatic rings. The first-order valence-corrected chi connectivity index (χ1v) is 11.4. The van der Waals surface area contributed by atoms with Crippen LogP contribution in [0.4, 0.5) is 5.69 Å². The number of carboxylic acid groups (broad SMARTS) is 1. The number of hydrogen-bond donors (Lipinski definition) is 5. The first-order chi connectivity index (χ1) is 12.6. The number of benzene rings is 2. The average molecular weight is 439 g/mol. The largest absolute Gasteiger partial charge is 0.481 e. The number of aromatic hydroxyl groups is 1. The third-order valence-corrected chi connectivity index (χ3v) is 5.64. The minimum Gasteiger partial charge on any atom is -0.481 e. The second-order valence-electron chi connectivity index (χ2n) is 5.61. The van der Waals surface area contributed by atoms with Crippen LogP contribution in [0.15, 0.2) is 48.5 Å². The van der Waals surface area contributed by atoms with Gasteiger partial charge in [0.25, 0.3) is 0 Å². The number of carbonyl (C=O) groups is 2. The fourth-order valence-electron chi connectivity index (χ4n) is 2.31. The maximum Gasteiger partial charge on any atom is 0.310 e. The molecule has 27 heavy (non-hydrogen) atoms. The molecule has 146 valence electrons. The van der Waals surface area contributed by atoms with Gasteiger partial charge in [0, 0.05) is 0 Å². The zero-order valence-electron chi connectivity index (χ0n) is 14.9. The van der Waals surface area contributed by atoms with Gasteiger partial charge in [-0.1, -0.05) is 37.3 Å². The SMILES string of the molecule is CC(=O)Nc1c(O)cccc1[As](=O)(O)O.CC[C@@H](C(=O)O)c1ccccc1. The fraction of sp³-hybridized carbons (Fsp3) is 0.222. The molecule has 0 saturated carbocycles. The van der Waals surface area contributed by atoms with Gasteiger partial charge in [-0.05, 0) is 12.0 Å². The van der Waals surface area contributed by atoms with Crippen LogP contribution >= 0.6 is 0 Å². The van der Waals surface area contributed by atoms with Crippen molar-refractivity contribution in [3.05, 3.63) is 54.1 Å². The molecular formula is C18H22AsNO7. The quantitative estimate of drug-likeness (QED) is 0.348. The van der Waals surface area contributed by atoms with Gasteiger partial charge in [0.2, 0.25) is 0 Å². The van der Waals surface area contributed by atoms with E-state index in [-0.39, 0.29) is 21.7 Å². The summed E-state index contributed by atoms with van der Waals surface area (Å²) in [6.45, 7) is 3.06. The number of carbonyl (C=O) groups excluding carboxylic acids is 1. The van der Waals surface area contributed by atoms with Gasteiger partial charge < -0.3 is 5.11 Å². The Kier molecular flexibility index (Phi) is 8.30. The average Bonchev–Trinajstić information content (AvgIpc) is 2.57. The Balaban J connectivity index is 0.000000277. The number of nitrogens with one attached hydrogen (secondary N) is 1. The molecule has 0 aliphatic heterocycles. The van der Waals surface area contributed by atoms with E-state index in [1.54, 1.807) is 0 Å². The summed E-state index contributed by atoms with van der Waals surface area (Å²) in [4.78, 5) is 21.5. The Morgan fingerprint density at radius 2 is 1.67 bits per heavy atom. The molecule has 1 amide bonds. The summed E-state index contributed by atoms with van der Waals surface area (Å²) in [5, 5.41) is 20.4. The molecule has 2 aromatic carbocycles. The summed E-state index contributed by atoms with van der Waals surface area (Å²) in [5.74, 6) is -1.98. The van der Waals surface area contributed by atoms with Crippen molar-refractivity contribution in [2.75, 3.05) is 5.32 Å². The van der Waals surface area contributed by atoms with Crippen molar-refractivity contribution in [2.45, 2.75) is 26.2 Å². The van der Waals surface area contributed by atoms with Crippen molar-refractivity contribution in [1.82, 2.24) is 0 Å². The molecule has 0 saturated heterocycles. The van der Waals surface area contributed by atoms with E-state index in [9.17, 15) is 18.4 Å². The van der Waals surface area contributed by atoms with E-state index >= 15 is 0 Å². The molecule has 0 aromatic heterocycles. The third kappa shape index (κ3) is 6.94. The van der Waals surface area contributed by atoms with Gasteiger partial charge in [-0.15, -0.1) is 0 Å². The predicted molar refractivity (Wildman–Crippen MR) is 100 cm³/mol. The van der Waals surface area contributed by atoms with Crippen molar-refractivity contribution >= 4 is 36.1 Å². The van der Waals surface area contributed by atoms with Crippen LogP contribution in [0, 0.1) is 0 Å². The number of anilines is 1. The van der Waals surface area contributed by atoms with Gasteiger partial charge in [0.15, 0.2) is 0 Å². The van der Waals surface area contributed by atoms with E-state index < -0.39 is 26.0 Å². The minimum atomic E-state index is -5.14. The van der Waals surface area contributed by atoms with Crippen LogP contribution < -0.4 is 9.67 Å². The number of phenolic OH excluding ortho intramolecular Hbond substituents is 1. The van der Waals surface area contributed by atoms with Crippen LogP contribution in [0.3, 0.4) is 0 Å². The van der Waals surface area contributed by atoms with Crippen LogP contribution in [0.5, 0.6) is 5.75 Å². The summed E-state index contributed by atoms with van der Waals surface area (Å²) in [5.41, 5.74) is 0.657. The molecule has 0 heterocycles. The Bertz CT molecular complexity index is 833. The fourth-order valence-corrected chi connectivity index (χ4v) is 3.87. The molecule has 0 bridgehead atoms. The Hall–Kier alpha value is -2.54. The Morgan fingerprint density at radius 1 is 1.07 bits per heavy atom. The van der Waals surface area contributed by atoms with E-state index in [0.717, 1.165) is 5.56 Å². The maximum atomic E-state index is 11.1. The van der Waals surface area contributed by atoms with Crippen molar-refractivity contribution < 1.29 is 31.7 Å². The van der Waals surface area contributed by atoms with E-state index in [4.69, 9.17) is 13.3 Å². The monoisotopic (exact) mass is 439 g/mol. The number of aliphatic carboxylic acids is 1. The molecule has 5 N–H and O–H groups in total. The summed E-state index contributed by atoms with van der Waals surface area (Å²) in [6.07, 6.45) is 0.638. The van der Waals surface area contributed by atoms with Gasteiger partial charge in [0.1, 0.15) is 0 Å². The number of rotatable bonds is 5. The van der Waals surface area contributed by atoms with Crippen LogP contribution in [-0.4, -0.2) is 44.5 Å². The number of carboxylic acids is 1. The zero-order valence-corrected chi connectivity index (χ0v) is 16.7. The minimum absolute atomic E-state index is 0.225. The predicted octanol–water partition coefficient (Wildman–Crippen LogP) is 1.18. The summed E-state index contributed by atoms with van der Waals surface area (Å²) >= 11 is -5.14.